The summed E-state index contributed by atoms with van der Waals surface area (Å²) in [5, 5.41) is 5.45. The van der Waals surface area contributed by atoms with Crippen LogP contribution in [-0.2, 0) is 10.0 Å². The van der Waals surface area contributed by atoms with Gasteiger partial charge in [0.05, 0.1) is 4.90 Å². The van der Waals surface area contributed by atoms with Gasteiger partial charge in [0.1, 0.15) is 0 Å². The van der Waals surface area contributed by atoms with E-state index in [4.69, 9.17) is 0 Å². The van der Waals surface area contributed by atoms with Crippen molar-refractivity contribution in [3.8, 4) is 0 Å². The normalized spacial score (nSPS) is 16.4. The van der Waals surface area contributed by atoms with Crippen molar-refractivity contribution in [3.63, 3.8) is 0 Å². The lowest BCUT2D eigenvalue weighted by Gasteiger charge is -2.20. The van der Waals surface area contributed by atoms with E-state index in [1.807, 2.05) is 0 Å². The number of nitrogens with one attached hydrogen (secondary N) is 2. The Morgan fingerprint density at radius 2 is 1.88 bits per heavy atom. The Hall–Kier alpha value is -1.60. The Labute approximate surface area is 144 Å². The average molecular weight is 353 g/mol. The van der Waals surface area contributed by atoms with Crippen molar-refractivity contribution in [1.29, 1.82) is 0 Å². The number of hydrogen-bond acceptors (Lipinski definition) is 3. The molecule has 1 aromatic carbocycles. The number of carbonyl (C=O) groups is 1. The van der Waals surface area contributed by atoms with E-state index < -0.39 is 10.0 Å². The topological polar surface area (TPSA) is 78.5 Å². The Bertz CT molecular complexity index is 638. The van der Waals surface area contributed by atoms with E-state index in [1.54, 1.807) is 22.5 Å². The third-order valence-electron chi connectivity index (χ3n) is 4.11. The zero-order chi connectivity index (χ0) is 17.4. The van der Waals surface area contributed by atoms with Crippen molar-refractivity contribution in [2.75, 3.05) is 25.0 Å². The number of rotatable bonds is 6. The van der Waals surface area contributed by atoms with E-state index >= 15 is 0 Å². The summed E-state index contributed by atoms with van der Waals surface area (Å²) in [6.45, 7) is 3.79. The molecule has 2 rings (SSSR count). The summed E-state index contributed by atoms with van der Waals surface area (Å²) < 4.78 is 27.1. The van der Waals surface area contributed by atoms with Gasteiger partial charge in [-0.05, 0) is 37.5 Å². The van der Waals surface area contributed by atoms with E-state index in [2.05, 4.69) is 17.6 Å². The lowest BCUT2D eigenvalue weighted by molar-refractivity contribution is 0.252. The van der Waals surface area contributed by atoms with Crippen LogP contribution in [0.3, 0.4) is 0 Å². The molecule has 0 bridgehead atoms. The van der Waals surface area contributed by atoms with Gasteiger partial charge in [0.25, 0.3) is 0 Å². The fourth-order valence-electron chi connectivity index (χ4n) is 2.72. The largest absolute Gasteiger partial charge is 0.338 e. The van der Waals surface area contributed by atoms with Gasteiger partial charge in [0.2, 0.25) is 10.0 Å². The van der Waals surface area contributed by atoms with E-state index in [0.717, 1.165) is 38.5 Å². The number of hydrogen-bond donors (Lipinski definition) is 2. The first kappa shape index (κ1) is 18.7. The summed E-state index contributed by atoms with van der Waals surface area (Å²) >= 11 is 0. The van der Waals surface area contributed by atoms with Crippen LogP contribution in [0.25, 0.3) is 0 Å². The Morgan fingerprint density at radius 3 is 2.54 bits per heavy atom. The molecule has 1 aromatic rings. The predicted octanol–water partition coefficient (Wildman–Crippen LogP) is 3.17. The minimum absolute atomic E-state index is 0.232. The summed E-state index contributed by atoms with van der Waals surface area (Å²) in [7, 11) is -3.50. The van der Waals surface area contributed by atoms with Gasteiger partial charge in [0.15, 0.2) is 0 Å². The molecule has 6 nitrogen and oxygen atoms in total. The molecule has 0 aliphatic carbocycles. The molecule has 0 saturated carbocycles. The van der Waals surface area contributed by atoms with Crippen LogP contribution in [0.1, 0.15) is 45.4 Å². The van der Waals surface area contributed by atoms with Crippen LogP contribution in [0.2, 0.25) is 0 Å². The standard InChI is InChI=1S/C17H27N3O3S/c1-2-3-11-18-17(21)19-15-9-8-10-16(14-15)24(22,23)20-12-6-4-5-7-13-20/h8-10,14H,2-7,11-13H2,1H3,(H2,18,19,21). The predicted molar refractivity (Wildman–Crippen MR) is 95.6 cm³/mol. The van der Waals surface area contributed by atoms with Crippen molar-refractivity contribution in [1.82, 2.24) is 9.62 Å². The molecule has 0 spiro atoms. The highest BCUT2D eigenvalue weighted by atomic mass is 32.2. The van der Waals surface area contributed by atoms with E-state index in [0.29, 0.717) is 25.3 Å². The highest BCUT2D eigenvalue weighted by Gasteiger charge is 2.25. The van der Waals surface area contributed by atoms with E-state index in [-0.39, 0.29) is 10.9 Å². The second-order valence-corrected chi connectivity index (χ2v) is 8.02. The molecule has 1 aliphatic rings. The molecule has 134 valence electrons. The maximum absolute atomic E-state index is 12.8. The summed E-state index contributed by atoms with van der Waals surface area (Å²) in [6, 6.07) is 6.15. The molecule has 0 aromatic heterocycles. The van der Waals surface area contributed by atoms with Crippen molar-refractivity contribution in [2.45, 2.75) is 50.3 Å². The molecule has 0 atom stereocenters. The molecule has 1 fully saturated rings. The Morgan fingerprint density at radius 1 is 1.17 bits per heavy atom. The first-order valence-electron chi connectivity index (χ1n) is 8.69. The third kappa shape index (κ3) is 5.21. The number of unbranched alkanes of at least 4 members (excludes halogenated alkanes) is 1. The molecule has 1 heterocycles. The molecule has 7 heteroatoms. The first-order valence-corrected chi connectivity index (χ1v) is 10.1. The van der Waals surface area contributed by atoms with Crippen molar-refractivity contribution in [3.05, 3.63) is 24.3 Å². The van der Waals surface area contributed by atoms with Crippen molar-refractivity contribution < 1.29 is 13.2 Å². The molecule has 24 heavy (non-hydrogen) atoms. The smallest absolute Gasteiger partial charge is 0.319 e. The van der Waals surface area contributed by atoms with Crippen LogP contribution in [0.5, 0.6) is 0 Å². The first-order chi connectivity index (χ1) is 11.5. The van der Waals surface area contributed by atoms with Crippen LogP contribution < -0.4 is 10.6 Å². The average Bonchev–Trinajstić information content (AvgIpc) is 2.85. The number of urea groups is 1. The van der Waals surface area contributed by atoms with Crippen molar-refractivity contribution >= 4 is 21.7 Å². The van der Waals surface area contributed by atoms with Gasteiger partial charge in [-0.2, -0.15) is 4.31 Å². The SMILES string of the molecule is CCCCNC(=O)Nc1cccc(S(=O)(=O)N2CCCCCC2)c1. The van der Waals surface area contributed by atoms with Gasteiger partial charge in [-0.3, -0.25) is 0 Å². The number of nitrogens with zero attached hydrogens (tertiary/aromatic N) is 1. The molecular formula is C17H27N3O3S. The van der Waals surface area contributed by atoms with Gasteiger partial charge < -0.3 is 10.6 Å². The lowest BCUT2D eigenvalue weighted by atomic mass is 10.2. The number of benzene rings is 1. The second kappa shape index (κ2) is 9.03. The zero-order valence-electron chi connectivity index (χ0n) is 14.3. The third-order valence-corrected chi connectivity index (χ3v) is 6.01. The molecule has 1 aliphatic heterocycles. The molecular weight excluding hydrogens is 326 g/mol. The maximum atomic E-state index is 12.8. The summed E-state index contributed by atoms with van der Waals surface area (Å²) in [5.74, 6) is 0. The molecule has 2 amide bonds. The van der Waals surface area contributed by atoms with Gasteiger partial charge in [-0.1, -0.05) is 32.3 Å². The summed E-state index contributed by atoms with van der Waals surface area (Å²) in [4.78, 5) is 12.0. The molecule has 0 radical (unpaired) electrons. The number of sulfonamides is 1. The number of anilines is 1. The van der Waals surface area contributed by atoms with Gasteiger partial charge in [-0.25, -0.2) is 13.2 Å². The van der Waals surface area contributed by atoms with Crippen molar-refractivity contribution in [2.24, 2.45) is 0 Å². The quantitative estimate of drug-likeness (QED) is 0.771. The minimum Gasteiger partial charge on any atom is -0.338 e. The van der Waals surface area contributed by atoms with Crippen LogP contribution in [-0.4, -0.2) is 38.4 Å². The Kier molecular flexibility index (Phi) is 7.05. The fourth-order valence-corrected chi connectivity index (χ4v) is 4.28. The molecule has 2 N–H and O–H groups in total. The highest BCUT2D eigenvalue weighted by molar-refractivity contribution is 7.89. The van der Waals surface area contributed by atoms with E-state index in [1.165, 1.54) is 6.07 Å². The van der Waals surface area contributed by atoms with Gasteiger partial charge in [-0.15, -0.1) is 0 Å². The van der Waals surface area contributed by atoms with Crippen LogP contribution in [0, 0.1) is 0 Å². The minimum atomic E-state index is -3.50. The summed E-state index contributed by atoms with van der Waals surface area (Å²) in [6.07, 6.45) is 5.87. The monoisotopic (exact) mass is 353 g/mol. The van der Waals surface area contributed by atoms with E-state index in [9.17, 15) is 13.2 Å². The highest BCUT2D eigenvalue weighted by Crippen LogP contribution is 2.22. The maximum Gasteiger partial charge on any atom is 0.319 e. The van der Waals surface area contributed by atoms with Crippen LogP contribution in [0.15, 0.2) is 29.2 Å². The number of carbonyl (C=O) groups excluding carboxylic acids is 1. The molecule has 1 saturated heterocycles. The lowest BCUT2D eigenvalue weighted by Crippen LogP contribution is -2.32. The summed E-state index contributed by atoms with van der Waals surface area (Å²) in [5.41, 5.74) is 0.486. The van der Waals surface area contributed by atoms with Crippen LogP contribution >= 0.6 is 0 Å². The van der Waals surface area contributed by atoms with Gasteiger partial charge in [0, 0.05) is 25.3 Å². The Balaban J connectivity index is 2.07. The van der Waals surface area contributed by atoms with Crippen LogP contribution in [0.4, 0.5) is 10.5 Å². The zero-order valence-corrected chi connectivity index (χ0v) is 15.1. The number of amides is 2. The molecule has 0 unspecified atom stereocenters. The fraction of sp³-hybridized carbons (Fsp3) is 0.588. The second-order valence-electron chi connectivity index (χ2n) is 6.08. The van der Waals surface area contributed by atoms with Gasteiger partial charge >= 0.3 is 6.03 Å².